The second-order valence-electron chi connectivity index (χ2n) is 5.87. The zero-order valence-electron chi connectivity index (χ0n) is 10.8. The molecule has 0 bridgehead atoms. The van der Waals surface area contributed by atoms with Crippen LogP contribution in [0.5, 0.6) is 0 Å². The van der Waals surface area contributed by atoms with Crippen molar-refractivity contribution in [2.75, 3.05) is 39.3 Å². The molecule has 2 heterocycles. The van der Waals surface area contributed by atoms with Gasteiger partial charge in [-0.05, 0) is 58.7 Å². The molecule has 16 heavy (non-hydrogen) atoms. The predicted octanol–water partition coefficient (Wildman–Crippen LogP) is 1.49. The minimum absolute atomic E-state index is 0.0619. The van der Waals surface area contributed by atoms with Crippen molar-refractivity contribution in [2.45, 2.75) is 38.7 Å². The molecule has 0 saturated carbocycles. The van der Waals surface area contributed by atoms with E-state index in [9.17, 15) is 0 Å². The molecule has 0 aromatic rings. The minimum Gasteiger partial charge on any atom is -0.373 e. The second-order valence-corrected chi connectivity index (χ2v) is 5.87. The number of morpholine rings is 1. The fourth-order valence-corrected chi connectivity index (χ4v) is 2.84. The number of rotatable bonds is 3. The molecule has 0 amide bonds. The number of hydrogen-bond donors (Lipinski definition) is 1. The number of piperidine rings is 1. The average Bonchev–Trinajstić information content (AvgIpc) is 2.27. The topological polar surface area (TPSA) is 24.5 Å². The summed E-state index contributed by atoms with van der Waals surface area (Å²) in [6.45, 7) is 11.2. The smallest absolute Gasteiger partial charge is 0.0753 e. The van der Waals surface area contributed by atoms with Crippen molar-refractivity contribution >= 4 is 0 Å². The Hall–Kier alpha value is -0.120. The summed E-state index contributed by atoms with van der Waals surface area (Å²) in [7, 11) is 0. The van der Waals surface area contributed by atoms with Gasteiger partial charge in [-0.15, -0.1) is 0 Å². The van der Waals surface area contributed by atoms with Crippen LogP contribution in [-0.2, 0) is 4.74 Å². The van der Waals surface area contributed by atoms with E-state index in [4.69, 9.17) is 4.74 Å². The van der Waals surface area contributed by atoms with Gasteiger partial charge in [0.1, 0.15) is 0 Å². The number of nitrogens with one attached hydrogen (secondary N) is 1. The van der Waals surface area contributed by atoms with Crippen LogP contribution in [0, 0.1) is 5.92 Å². The maximum absolute atomic E-state index is 5.74. The number of hydrogen-bond acceptors (Lipinski definition) is 3. The lowest BCUT2D eigenvalue weighted by Gasteiger charge is -2.38. The third kappa shape index (κ3) is 3.72. The van der Waals surface area contributed by atoms with Crippen molar-refractivity contribution in [1.82, 2.24) is 10.2 Å². The highest BCUT2D eigenvalue weighted by Gasteiger charge is 2.27. The van der Waals surface area contributed by atoms with Crippen molar-refractivity contribution in [3.8, 4) is 0 Å². The van der Waals surface area contributed by atoms with Gasteiger partial charge < -0.3 is 10.1 Å². The van der Waals surface area contributed by atoms with E-state index in [1.807, 2.05) is 0 Å². The van der Waals surface area contributed by atoms with Crippen LogP contribution in [0.2, 0.25) is 0 Å². The monoisotopic (exact) mass is 226 g/mol. The van der Waals surface area contributed by atoms with Gasteiger partial charge in [-0.25, -0.2) is 0 Å². The van der Waals surface area contributed by atoms with Crippen LogP contribution in [0.3, 0.4) is 0 Å². The quantitative estimate of drug-likeness (QED) is 0.789. The van der Waals surface area contributed by atoms with Crippen LogP contribution in [0.1, 0.15) is 33.1 Å². The normalized spacial score (nSPS) is 28.1. The van der Waals surface area contributed by atoms with Gasteiger partial charge in [0, 0.05) is 13.1 Å². The average molecular weight is 226 g/mol. The molecular weight excluding hydrogens is 200 g/mol. The maximum atomic E-state index is 5.74. The van der Waals surface area contributed by atoms with Gasteiger partial charge in [0.2, 0.25) is 0 Å². The van der Waals surface area contributed by atoms with Crippen molar-refractivity contribution in [3.63, 3.8) is 0 Å². The van der Waals surface area contributed by atoms with E-state index in [0.29, 0.717) is 0 Å². The van der Waals surface area contributed by atoms with Crippen LogP contribution >= 0.6 is 0 Å². The van der Waals surface area contributed by atoms with E-state index >= 15 is 0 Å². The van der Waals surface area contributed by atoms with Gasteiger partial charge in [-0.2, -0.15) is 0 Å². The Bertz CT molecular complexity index is 212. The molecule has 2 rings (SSSR count). The Balaban J connectivity index is 1.68. The molecule has 3 nitrogen and oxygen atoms in total. The van der Waals surface area contributed by atoms with Gasteiger partial charge in [0.05, 0.1) is 12.2 Å². The fraction of sp³-hybridized carbons (Fsp3) is 1.00. The Morgan fingerprint density at radius 1 is 1.31 bits per heavy atom. The molecule has 94 valence electrons. The zero-order valence-corrected chi connectivity index (χ0v) is 10.8. The first-order chi connectivity index (χ1) is 7.66. The molecule has 0 aliphatic carbocycles. The SMILES string of the molecule is CC1(C)CN(CCC2CCNCC2)CCO1. The van der Waals surface area contributed by atoms with Gasteiger partial charge in [-0.1, -0.05) is 0 Å². The molecule has 2 aliphatic rings. The summed E-state index contributed by atoms with van der Waals surface area (Å²) in [4.78, 5) is 2.57. The van der Waals surface area contributed by atoms with Crippen molar-refractivity contribution in [3.05, 3.63) is 0 Å². The maximum Gasteiger partial charge on any atom is 0.0753 e. The Morgan fingerprint density at radius 2 is 2.06 bits per heavy atom. The van der Waals surface area contributed by atoms with E-state index in [0.717, 1.165) is 25.6 Å². The molecule has 0 aromatic carbocycles. The molecular formula is C13H26N2O. The minimum atomic E-state index is 0.0619. The summed E-state index contributed by atoms with van der Waals surface area (Å²) in [6, 6.07) is 0. The van der Waals surface area contributed by atoms with E-state index in [1.165, 1.54) is 38.9 Å². The van der Waals surface area contributed by atoms with Crippen molar-refractivity contribution in [1.29, 1.82) is 0 Å². The first-order valence-corrected chi connectivity index (χ1v) is 6.73. The lowest BCUT2D eigenvalue weighted by Crippen LogP contribution is -2.48. The predicted molar refractivity (Wildman–Crippen MR) is 66.7 cm³/mol. The molecule has 0 spiro atoms. The van der Waals surface area contributed by atoms with Gasteiger partial charge in [-0.3, -0.25) is 4.90 Å². The molecule has 0 unspecified atom stereocenters. The Labute approximate surface area is 99.5 Å². The molecule has 2 saturated heterocycles. The van der Waals surface area contributed by atoms with Crippen LogP contribution < -0.4 is 5.32 Å². The summed E-state index contributed by atoms with van der Waals surface area (Å²) in [5.74, 6) is 0.951. The van der Waals surface area contributed by atoms with Crippen molar-refractivity contribution < 1.29 is 4.74 Å². The first kappa shape index (κ1) is 12.3. The summed E-state index contributed by atoms with van der Waals surface area (Å²) < 4.78 is 5.74. The number of nitrogens with zero attached hydrogens (tertiary/aromatic N) is 1. The third-order valence-corrected chi connectivity index (χ3v) is 3.82. The molecule has 2 fully saturated rings. The third-order valence-electron chi connectivity index (χ3n) is 3.82. The largest absolute Gasteiger partial charge is 0.373 e. The fourth-order valence-electron chi connectivity index (χ4n) is 2.84. The zero-order chi connectivity index (χ0) is 11.4. The summed E-state index contributed by atoms with van der Waals surface area (Å²) in [5, 5.41) is 3.43. The van der Waals surface area contributed by atoms with Crippen molar-refractivity contribution in [2.24, 2.45) is 5.92 Å². The lowest BCUT2D eigenvalue weighted by atomic mass is 9.94. The highest BCUT2D eigenvalue weighted by atomic mass is 16.5. The first-order valence-electron chi connectivity index (χ1n) is 6.73. The van der Waals surface area contributed by atoms with Crippen LogP contribution in [0.4, 0.5) is 0 Å². The van der Waals surface area contributed by atoms with Crippen LogP contribution in [0.15, 0.2) is 0 Å². The second kappa shape index (κ2) is 5.48. The molecule has 0 atom stereocenters. The molecule has 1 N–H and O–H groups in total. The highest BCUT2D eigenvalue weighted by Crippen LogP contribution is 2.20. The van der Waals surface area contributed by atoms with E-state index in [-0.39, 0.29) is 5.60 Å². The summed E-state index contributed by atoms with van der Waals surface area (Å²) >= 11 is 0. The highest BCUT2D eigenvalue weighted by molar-refractivity contribution is 4.80. The number of ether oxygens (including phenoxy) is 1. The lowest BCUT2D eigenvalue weighted by molar-refractivity contribution is -0.0869. The molecule has 0 aromatic heterocycles. The van der Waals surface area contributed by atoms with Crippen LogP contribution in [-0.4, -0.2) is 49.8 Å². The molecule has 0 radical (unpaired) electrons. The van der Waals surface area contributed by atoms with Gasteiger partial charge in [0.15, 0.2) is 0 Å². The Kier molecular flexibility index (Phi) is 4.22. The molecule has 2 aliphatic heterocycles. The summed E-state index contributed by atoms with van der Waals surface area (Å²) in [6.07, 6.45) is 4.11. The van der Waals surface area contributed by atoms with E-state index in [1.54, 1.807) is 0 Å². The van der Waals surface area contributed by atoms with Crippen LogP contribution in [0.25, 0.3) is 0 Å². The van der Waals surface area contributed by atoms with E-state index in [2.05, 4.69) is 24.1 Å². The van der Waals surface area contributed by atoms with Gasteiger partial charge >= 0.3 is 0 Å². The molecule has 3 heteroatoms. The standard InChI is InChI=1S/C13H26N2O/c1-13(2)11-15(9-10-16-13)8-5-12-3-6-14-7-4-12/h12,14H,3-11H2,1-2H3. The van der Waals surface area contributed by atoms with Gasteiger partial charge in [0.25, 0.3) is 0 Å². The summed E-state index contributed by atoms with van der Waals surface area (Å²) in [5.41, 5.74) is 0.0619. The van der Waals surface area contributed by atoms with E-state index < -0.39 is 0 Å². The Morgan fingerprint density at radius 3 is 2.75 bits per heavy atom.